The molecule has 2 aliphatic rings. The zero-order chi connectivity index (χ0) is 24.2. The first-order valence-electron chi connectivity index (χ1n) is 13.5. The standard InChI is InChI=1S/C26H34N2O.ClH/c29-26(23-12-6-2-7-13-23)28(24-14-8-3-9-15-24)25-17-20-27(21-18-25)19-16-22-10-4-1-5-11-22;/h1,3-5,8-11,14-15,23,25H,2,6-7,12-13,16-21H2;1H/i3D,8D,9D,14D,15D;. The van der Waals surface area contributed by atoms with Crippen LogP contribution in [0.2, 0.25) is 0 Å². The molecule has 4 heteroatoms. The number of carbonyl (C=O) groups excluding carboxylic acids is 1. The SMILES string of the molecule is Cl.[2H]c1c([2H])c([2H])c(N(C(=O)C2CCCCC2)C2CCN(CCc3ccccc3)CC2)c([2H])c1[2H]. The highest BCUT2D eigenvalue weighted by Crippen LogP contribution is 2.31. The minimum absolute atomic E-state index is 0. The lowest BCUT2D eigenvalue weighted by Gasteiger charge is -2.40. The summed E-state index contributed by atoms with van der Waals surface area (Å²) in [6.45, 7) is 2.59. The number of halogens is 1. The molecule has 1 saturated heterocycles. The largest absolute Gasteiger partial charge is 0.309 e. The molecule has 0 atom stereocenters. The maximum absolute atomic E-state index is 13.8. The molecule has 2 fully saturated rings. The Bertz CT molecular complexity index is 980. The highest BCUT2D eigenvalue weighted by atomic mass is 35.5. The first kappa shape index (κ1) is 16.8. The number of anilines is 1. The summed E-state index contributed by atoms with van der Waals surface area (Å²) in [4.78, 5) is 17.8. The van der Waals surface area contributed by atoms with Gasteiger partial charge in [0.1, 0.15) is 0 Å². The third kappa shape index (κ3) is 5.86. The molecular formula is C26H35ClN2O. The maximum atomic E-state index is 13.8. The second-order valence-electron chi connectivity index (χ2n) is 8.33. The minimum atomic E-state index is -0.417. The Balaban J connectivity index is 0.00000342. The molecule has 162 valence electrons. The van der Waals surface area contributed by atoms with Crippen LogP contribution in [0.4, 0.5) is 5.69 Å². The molecule has 30 heavy (non-hydrogen) atoms. The van der Waals surface area contributed by atoms with Crippen LogP contribution >= 0.6 is 12.4 Å². The van der Waals surface area contributed by atoms with Crippen molar-refractivity contribution in [3.8, 4) is 0 Å². The first-order valence-corrected chi connectivity index (χ1v) is 11.0. The summed E-state index contributed by atoms with van der Waals surface area (Å²) in [5, 5.41) is 0. The fraction of sp³-hybridized carbons (Fsp3) is 0.500. The van der Waals surface area contributed by atoms with E-state index < -0.39 is 6.04 Å². The summed E-state index contributed by atoms with van der Waals surface area (Å²) >= 11 is 0. The lowest BCUT2D eigenvalue weighted by Crippen LogP contribution is -2.50. The number of hydrogen-bond donors (Lipinski definition) is 0. The van der Waals surface area contributed by atoms with Crippen LogP contribution in [0.3, 0.4) is 0 Å². The zero-order valence-electron chi connectivity index (χ0n) is 22.5. The molecule has 0 spiro atoms. The molecule has 1 aliphatic heterocycles. The molecule has 4 rings (SSSR count). The molecule has 2 aromatic carbocycles. The summed E-state index contributed by atoms with van der Waals surface area (Å²) < 4.78 is 41.3. The van der Waals surface area contributed by atoms with E-state index in [4.69, 9.17) is 6.85 Å². The van der Waals surface area contributed by atoms with E-state index in [2.05, 4.69) is 29.2 Å². The predicted octanol–water partition coefficient (Wildman–Crippen LogP) is 5.73. The lowest BCUT2D eigenvalue weighted by atomic mass is 9.87. The number of likely N-dealkylation sites (tertiary alicyclic amines) is 1. The highest BCUT2D eigenvalue weighted by Gasteiger charge is 2.33. The molecular weight excluding hydrogens is 392 g/mol. The Morgan fingerprint density at radius 1 is 0.967 bits per heavy atom. The smallest absolute Gasteiger partial charge is 0.230 e. The zero-order valence-corrected chi connectivity index (χ0v) is 18.3. The fourth-order valence-corrected chi connectivity index (χ4v) is 4.72. The molecule has 0 radical (unpaired) electrons. The number of para-hydroxylation sites is 1. The van der Waals surface area contributed by atoms with E-state index in [1.54, 1.807) is 4.90 Å². The number of nitrogens with zero attached hydrogens (tertiary/aromatic N) is 2. The minimum Gasteiger partial charge on any atom is -0.309 e. The number of benzene rings is 2. The van der Waals surface area contributed by atoms with Gasteiger partial charge >= 0.3 is 0 Å². The quantitative estimate of drug-likeness (QED) is 0.583. The number of piperidine rings is 1. The topological polar surface area (TPSA) is 23.6 Å². The predicted molar refractivity (Wildman–Crippen MR) is 127 cm³/mol. The Morgan fingerprint density at radius 2 is 1.63 bits per heavy atom. The summed E-state index contributed by atoms with van der Waals surface area (Å²) in [5.41, 5.74) is 1.36. The first-order chi connectivity index (χ1) is 16.4. The van der Waals surface area contributed by atoms with Crippen molar-refractivity contribution in [3.05, 3.63) is 66.1 Å². The van der Waals surface area contributed by atoms with Crippen LogP contribution in [0.1, 0.15) is 57.4 Å². The molecule has 0 aromatic heterocycles. The van der Waals surface area contributed by atoms with Gasteiger partial charge in [0.2, 0.25) is 5.91 Å². The van der Waals surface area contributed by atoms with E-state index in [0.29, 0.717) is 0 Å². The van der Waals surface area contributed by atoms with Crippen molar-refractivity contribution < 1.29 is 11.6 Å². The maximum Gasteiger partial charge on any atom is 0.230 e. The Kier molecular flexibility index (Phi) is 6.45. The van der Waals surface area contributed by atoms with Crippen molar-refractivity contribution >= 4 is 24.0 Å². The Morgan fingerprint density at radius 3 is 2.30 bits per heavy atom. The molecule has 1 heterocycles. The van der Waals surface area contributed by atoms with Gasteiger partial charge in [-0.15, -0.1) is 12.4 Å². The third-order valence-electron chi connectivity index (χ3n) is 6.40. The Labute approximate surface area is 194 Å². The monoisotopic (exact) mass is 431 g/mol. The van der Waals surface area contributed by atoms with Crippen molar-refractivity contribution in [3.63, 3.8) is 0 Å². The van der Waals surface area contributed by atoms with Gasteiger partial charge in [0, 0.05) is 37.3 Å². The Hall–Kier alpha value is -1.84. The van der Waals surface area contributed by atoms with Gasteiger partial charge < -0.3 is 9.80 Å². The molecule has 1 aliphatic carbocycles. The molecule has 3 nitrogen and oxygen atoms in total. The normalized spacial score (nSPS) is 20.9. The van der Waals surface area contributed by atoms with Crippen LogP contribution in [-0.4, -0.2) is 36.5 Å². The van der Waals surface area contributed by atoms with Gasteiger partial charge in [-0.1, -0.05) is 67.7 Å². The van der Waals surface area contributed by atoms with E-state index in [1.807, 2.05) is 6.07 Å². The highest BCUT2D eigenvalue weighted by molar-refractivity contribution is 5.95. The van der Waals surface area contributed by atoms with Gasteiger partial charge in [-0.05, 0) is 49.8 Å². The van der Waals surface area contributed by atoms with E-state index in [9.17, 15) is 4.79 Å². The van der Waals surface area contributed by atoms with Gasteiger partial charge in [-0.25, -0.2) is 0 Å². The summed E-state index contributed by atoms with van der Waals surface area (Å²) in [5.74, 6) is -0.205. The number of rotatable bonds is 6. The van der Waals surface area contributed by atoms with Crippen molar-refractivity contribution in [2.75, 3.05) is 24.5 Å². The van der Waals surface area contributed by atoms with E-state index in [0.717, 1.165) is 71.0 Å². The molecule has 0 unspecified atom stereocenters. The second kappa shape index (κ2) is 11.5. The third-order valence-corrected chi connectivity index (χ3v) is 6.40. The summed E-state index contributed by atoms with van der Waals surface area (Å²) in [7, 11) is 0. The van der Waals surface area contributed by atoms with Crippen molar-refractivity contribution in [2.24, 2.45) is 5.92 Å². The van der Waals surface area contributed by atoms with E-state index >= 15 is 0 Å². The number of carbonyl (C=O) groups is 1. The van der Waals surface area contributed by atoms with Crippen LogP contribution in [-0.2, 0) is 11.2 Å². The average Bonchev–Trinajstić information content (AvgIpc) is 2.89. The van der Waals surface area contributed by atoms with Gasteiger partial charge in [-0.3, -0.25) is 4.79 Å². The van der Waals surface area contributed by atoms with Crippen LogP contribution in [0.15, 0.2) is 60.5 Å². The van der Waals surface area contributed by atoms with Crippen molar-refractivity contribution in [1.82, 2.24) is 4.90 Å². The fourth-order valence-electron chi connectivity index (χ4n) is 4.72. The van der Waals surface area contributed by atoms with Gasteiger partial charge in [-0.2, -0.15) is 0 Å². The van der Waals surface area contributed by atoms with Gasteiger partial charge in [0.05, 0.1) is 6.85 Å². The number of amides is 1. The molecule has 2 aromatic rings. The van der Waals surface area contributed by atoms with Crippen molar-refractivity contribution in [2.45, 2.75) is 57.4 Å². The van der Waals surface area contributed by atoms with Crippen molar-refractivity contribution in [1.29, 1.82) is 0 Å². The van der Waals surface area contributed by atoms with Crippen LogP contribution in [0, 0.1) is 5.92 Å². The van der Waals surface area contributed by atoms with Gasteiger partial charge in [0.25, 0.3) is 0 Å². The van der Waals surface area contributed by atoms with Crippen LogP contribution < -0.4 is 4.90 Å². The molecule has 0 N–H and O–H groups in total. The van der Waals surface area contributed by atoms with Crippen LogP contribution in [0.5, 0.6) is 0 Å². The van der Waals surface area contributed by atoms with E-state index in [-0.39, 0.29) is 60.1 Å². The van der Waals surface area contributed by atoms with E-state index in [1.165, 1.54) is 5.56 Å². The summed E-state index contributed by atoms with van der Waals surface area (Å²) in [6.07, 6.45) is 7.18. The second-order valence-corrected chi connectivity index (χ2v) is 8.33. The lowest BCUT2D eigenvalue weighted by molar-refractivity contribution is -0.124. The molecule has 0 bridgehead atoms. The summed E-state index contributed by atoms with van der Waals surface area (Å²) in [6, 6.07) is 8.51. The average molecular weight is 432 g/mol. The van der Waals surface area contributed by atoms with Gasteiger partial charge in [0.15, 0.2) is 0 Å². The molecule has 1 amide bonds. The van der Waals surface area contributed by atoms with Crippen LogP contribution in [0.25, 0.3) is 0 Å². The molecule has 1 saturated carbocycles. The number of hydrogen-bond acceptors (Lipinski definition) is 2.